The van der Waals surface area contributed by atoms with Gasteiger partial charge in [0, 0.05) is 30.2 Å². The number of hydrogen-bond donors (Lipinski definition) is 0. The van der Waals surface area contributed by atoms with Crippen LogP contribution in [0.3, 0.4) is 0 Å². The summed E-state index contributed by atoms with van der Waals surface area (Å²) < 4.78 is 14.1. The van der Waals surface area contributed by atoms with Crippen LogP contribution in [0.25, 0.3) is 0 Å². The standard InChI is InChI=1S/C19H13BrClFN4O/c1-25-17-12(9-23)16(18(27)11-7-10(22)3-4-14(11)21)13(20)8-15(17)26-6-2-5-24-19(25)26/h3-4,7-8H,2,5-6H2,1H3. The molecular weight excluding hydrogens is 435 g/mol. The van der Waals surface area contributed by atoms with Crippen LogP contribution in [-0.4, -0.2) is 31.9 Å². The third-order valence-corrected chi connectivity index (χ3v) is 5.66. The molecule has 0 spiro atoms. The van der Waals surface area contributed by atoms with Gasteiger partial charge in [0.25, 0.3) is 0 Å². The summed E-state index contributed by atoms with van der Waals surface area (Å²) in [5.41, 5.74) is 1.84. The van der Waals surface area contributed by atoms with Crippen LogP contribution in [0.15, 0.2) is 33.7 Å². The quantitative estimate of drug-likeness (QED) is 0.642. The van der Waals surface area contributed by atoms with Gasteiger partial charge in [-0.1, -0.05) is 11.6 Å². The Morgan fingerprint density at radius 2 is 2.19 bits per heavy atom. The summed E-state index contributed by atoms with van der Waals surface area (Å²) in [4.78, 5) is 21.5. The average molecular weight is 448 g/mol. The Balaban J connectivity index is 1.95. The van der Waals surface area contributed by atoms with Crippen LogP contribution in [-0.2, 0) is 0 Å². The highest BCUT2D eigenvalue weighted by Gasteiger charge is 2.37. The molecule has 8 heteroatoms. The highest BCUT2D eigenvalue weighted by molar-refractivity contribution is 9.10. The third-order valence-electron chi connectivity index (χ3n) is 4.70. The van der Waals surface area contributed by atoms with Gasteiger partial charge in [-0.15, -0.1) is 0 Å². The molecular formula is C19H13BrClFN4O. The van der Waals surface area contributed by atoms with E-state index in [0.717, 1.165) is 37.2 Å². The number of ketones is 1. The molecule has 2 aliphatic heterocycles. The maximum absolute atomic E-state index is 13.7. The minimum atomic E-state index is -0.567. The Morgan fingerprint density at radius 1 is 1.41 bits per heavy atom. The van der Waals surface area contributed by atoms with E-state index >= 15 is 0 Å². The summed E-state index contributed by atoms with van der Waals surface area (Å²) in [6, 6.07) is 7.56. The summed E-state index contributed by atoms with van der Waals surface area (Å²) in [6.07, 6.45) is 0.913. The van der Waals surface area contributed by atoms with Gasteiger partial charge in [0.2, 0.25) is 5.96 Å². The molecule has 2 heterocycles. The van der Waals surface area contributed by atoms with Crippen molar-refractivity contribution >= 4 is 50.6 Å². The monoisotopic (exact) mass is 446 g/mol. The fourth-order valence-corrected chi connectivity index (χ4v) is 4.32. The number of anilines is 2. The van der Waals surface area contributed by atoms with Gasteiger partial charge in [0.1, 0.15) is 11.9 Å². The second-order valence-corrected chi connectivity index (χ2v) is 7.55. The molecule has 136 valence electrons. The normalized spacial score (nSPS) is 15.1. The minimum Gasteiger partial charge on any atom is -0.312 e. The number of carbonyl (C=O) groups is 1. The van der Waals surface area contributed by atoms with E-state index in [1.807, 2.05) is 16.8 Å². The van der Waals surface area contributed by atoms with Gasteiger partial charge in [-0.2, -0.15) is 5.26 Å². The van der Waals surface area contributed by atoms with Gasteiger partial charge < -0.3 is 9.80 Å². The molecule has 27 heavy (non-hydrogen) atoms. The second-order valence-electron chi connectivity index (χ2n) is 6.29. The molecule has 0 saturated heterocycles. The van der Waals surface area contributed by atoms with Crippen molar-refractivity contribution in [1.82, 2.24) is 0 Å². The summed E-state index contributed by atoms with van der Waals surface area (Å²) in [6.45, 7) is 1.51. The van der Waals surface area contributed by atoms with E-state index in [4.69, 9.17) is 11.6 Å². The van der Waals surface area contributed by atoms with E-state index in [1.165, 1.54) is 12.1 Å². The summed E-state index contributed by atoms with van der Waals surface area (Å²) in [7, 11) is 1.82. The second kappa shape index (κ2) is 6.63. The maximum atomic E-state index is 13.7. The lowest BCUT2D eigenvalue weighted by molar-refractivity contribution is 0.103. The summed E-state index contributed by atoms with van der Waals surface area (Å²) in [5, 5.41) is 10.00. The van der Waals surface area contributed by atoms with Crippen LogP contribution in [0.4, 0.5) is 15.8 Å². The van der Waals surface area contributed by atoms with Crippen molar-refractivity contribution in [1.29, 1.82) is 5.26 Å². The van der Waals surface area contributed by atoms with Crippen molar-refractivity contribution in [2.45, 2.75) is 6.42 Å². The first-order chi connectivity index (χ1) is 12.9. The largest absolute Gasteiger partial charge is 0.312 e. The van der Waals surface area contributed by atoms with Crippen LogP contribution in [0.5, 0.6) is 0 Å². The molecule has 2 aromatic carbocycles. The van der Waals surface area contributed by atoms with E-state index in [9.17, 15) is 14.4 Å². The third kappa shape index (κ3) is 2.71. The molecule has 2 aliphatic rings. The zero-order chi connectivity index (χ0) is 19.3. The SMILES string of the molecule is CN1C2=NCCCN2c2cc(Br)c(C(=O)c3cc(F)ccc3Cl)c(C#N)c21. The molecule has 4 rings (SSSR count). The summed E-state index contributed by atoms with van der Waals surface area (Å²) >= 11 is 9.54. The molecule has 5 nitrogen and oxygen atoms in total. The van der Waals surface area contributed by atoms with Crippen LogP contribution in [0.2, 0.25) is 5.02 Å². The van der Waals surface area contributed by atoms with Crippen molar-refractivity contribution in [3.63, 3.8) is 0 Å². The van der Waals surface area contributed by atoms with Crippen LogP contribution < -0.4 is 9.80 Å². The number of rotatable bonds is 2. The van der Waals surface area contributed by atoms with E-state index < -0.39 is 11.6 Å². The predicted molar refractivity (Wildman–Crippen MR) is 106 cm³/mol. The van der Waals surface area contributed by atoms with Gasteiger partial charge in [0.15, 0.2) is 5.78 Å². The number of carbonyl (C=O) groups excluding carboxylic acids is 1. The smallest absolute Gasteiger partial charge is 0.205 e. The van der Waals surface area contributed by atoms with E-state index in [1.54, 1.807) is 6.07 Å². The van der Waals surface area contributed by atoms with Crippen molar-refractivity contribution in [2.75, 3.05) is 29.9 Å². The molecule has 2 aromatic rings. The lowest BCUT2D eigenvalue weighted by Crippen LogP contribution is -2.40. The van der Waals surface area contributed by atoms with E-state index in [2.05, 4.69) is 27.0 Å². The average Bonchev–Trinajstić information content (AvgIpc) is 2.94. The van der Waals surface area contributed by atoms with Gasteiger partial charge in [0.05, 0.1) is 27.5 Å². The molecule has 0 saturated carbocycles. The minimum absolute atomic E-state index is 0.0181. The van der Waals surface area contributed by atoms with Crippen molar-refractivity contribution < 1.29 is 9.18 Å². The first kappa shape index (κ1) is 18.0. The Hall–Kier alpha value is -2.43. The molecule has 0 aromatic heterocycles. The highest BCUT2D eigenvalue weighted by Crippen LogP contribution is 2.45. The molecule has 0 amide bonds. The Bertz CT molecular complexity index is 1060. The highest BCUT2D eigenvalue weighted by atomic mass is 79.9. The molecule has 0 N–H and O–H groups in total. The molecule has 0 radical (unpaired) electrons. The number of nitriles is 1. The van der Waals surface area contributed by atoms with E-state index in [0.29, 0.717) is 10.2 Å². The molecule has 0 bridgehead atoms. The summed E-state index contributed by atoms with van der Waals surface area (Å²) in [5.74, 6) is -0.318. The lowest BCUT2D eigenvalue weighted by Gasteiger charge is -2.24. The first-order valence-electron chi connectivity index (χ1n) is 8.26. The van der Waals surface area contributed by atoms with E-state index in [-0.39, 0.29) is 21.7 Å². The van der Waals surface area contributed by atoms with Crippen molar-refractivity contribution in [2.24, 2.45) is 4.99 Å². The fourth-order valence-electron chi connectivity index (χ4n) is 3.52. The molecule has 0 fully saturated rings. The van der Waals surface area contributed by atoms with Gasteiger partial charge in [-0.3, -0.25) is 9.79 Å². The Kier molecular flexibility index (Phi) is 4.41. The van der Waals surface area contributed by atoms with Crippen molar-refractivity contribution in [3.8, 4) is 6.07 Å². The number of hydrogen-bond acceptors (Lipinski definition) is 5. The maximum Gasteiger partial charge on any atom is 0.205 e. The number of fused-ring (bicyclic) bond motifs is 3. The Labute approximate surface area is 168 Å². The van der Waals surface area contributed by atoms with Crippen molar-refractivity contribution in [3.05, 3.63) is 56.3 Å². The zero-order valence-electron chi connectivity index (χ0n) is 14.3. The zero-order valence-corrected chi connectivity index (χ0v) is 16.6. The molecule has 0 aliphatic carbocycles. The van der Waals surface area contributed by atoms with Crippen LogP contribution >= 0.6 is 27.5 Å². The predicted octanol–water partition coefficient (Wildman–Crippen LogP) is 4.36. The fraction of sp³-hybridized carbons (Fsp3) is 0.211. The van der Waals surface area contributed by atoms with Crippen LogP contribution in [0.1, 0.15) is 27.9 Å². The topological polar surface area (TPSA) is 59.7 Å². The first-order valence-corrected chi connectivity index (χ1v) is 9.43. The molecule has 0 atom stereocenters. The number of halogens is 3. The van der Waals surface area contributed by atoms with Crippen LogP contribution in [0, 0.1) is 17.1 Å². The lowest BCUT2D eigenvalue weighted by atomic mass is 9.96. The van der Waals surface area contributed by atoms with Gasteiger partial charge >= 0.3 is 0 Å². The van der Waals surface area contributed by atoms with Gasteiger partial charge in [-0.25, -0.2) is 4.39 Å². The number of benzene rings is 2. The number of guanidine groups is 1. The Morgan fingerprint density at radius 3 is 2.93 bits per heavy atom. The number of aliphatic imine (C=N–C) groups is 1. The van der Waals surface area contributed by atoms with Gasteiger partial charge in [-0.05, 0) is 46.6 Å². The molecule has 0 unspecified atom stereocenters. The number of nitrogens with zero attached hydrogens (tertiary/aromatic N) is 4.